The van der Waals surface area contributed by atoms with Crippen LogP contribution >= 0.6 is 15.9 Å². The molecule has 0 atom stereocenters. The predicted octanol–water partition coefficient (Wildman–Crippen LogP) is 4.78. The Morgan fingerprint density at radius 3 is 2.79 bits per heavy atom. The van der Waals surface area contributed by atoms with E-state index in [2.05, 4.69) is 31.2 Å². The molecule has 8 heteroatoms. The second kappa shape index (κ2) is 7.92. The van der Waals surface area contributed by atoms with Crippen molar-refractivity contribution in [2.75, 3.05) is 11.9 Å². The largest absolute Gasteiger partial charge is 0.507 e. The zero-order chi connectivity index (χ0) is 20.4. The Balaban J connectivity index is 1.77. The van der Waals surface area contributed by atoms with Gasteiger partial charge in [0.05, 0.1) is 18.4 Å². The zero-order valence-electron chi connectivity index (χ0n) is 15.5. The molecule has 7 nitrogen and oxygen atoms in total. The number of phenols is 1. The number of imidazole rings is 1. The van der Waals surface area contributed by atoms with E-state index in [1.807, 2.05) is 4.40 Å². The summed E-state index contributed by atoms with van der Waals surface area (Å²) in [5.41, 5.74) is 3.02. The van der Waals surface area contributed by atoms with Gasteiger partial charge >= 0.3 is 5.97 Å². The maximum Gasteiger partial charge on any atom is 0.338 e. The minimum atomic E-state index is -0.361. The number of carbonyl (C=O) groups excluding carboxylic acids is 1. The number of carbonyl (C=O) groups is 1. The number of hydrogen-bond donors (Lipinski definition) is 2. The van der Waals surface area contributed by atoms with Gasteiger partial charge in [-0.2, -0.15) is 0 Å². The summed E-state index contributed by atoms with van der Waals surface area (Å²) in [6.45, 7) is 2.10. The van der Waals surface area contributed by atoms with Crippen LogP contribution in [0.3, 0.4) is 0 Å². The molecule has 2 heterocycles. The number of ether oxygens (including phenoxy) is 1. The third-order valence-corrected chi connectivity index (χ3v) is 4.80. The Labute approximate surface area is 175 Å². The second-order valence-corrected chi connectivity index (χ2v) is 7.11. The topological polar surface area (TPSA) is 88.8 Å². The smallest absolute Gasteiger partial charge is 0.338 e. The molecule has 0 aliphatic rings. The lowest BCUT2D eigenvalue weighted by Crippen LogP contribution is -2.04. The van der Waals surface area contributed by atoms with Crippen LogP contribution in [0.15, 0.2) is 65.5 Å². The molecular formula is C21H17BrN4O3. The quantitative estimate of drug-likeness (QED) is 0.423. The van der Waals surface area contributed by atoms with E-state index in [4.69, 9.17) is 4.74 Å². The van der Waals surface area contributed by atoms with E-state index in [0.717, 1.165) is 10.2 Å². The molecule has 2 N–H and O–H groups in total. The number of phenolic OH excluding ortho intramolecular Hbond substituents is 1. The van der Waals surface area contributed by atoms with E-state index < -0.39 is 0 Å². The number of esters is 1. The number of hydrogen-bond acceptors (Lipinski definition) is 6. The number of fused-ring (bicyclic) bond motifs is 1. The fourth-order valence-corrected chi connectivity index (χ4v) is 3.31. The van der Waals surface area contributed by atoms with E-state index in [9.17, 15) is 9.90 Å². The molecule has 0 unspecified atom stereocenters. The molecule has 4 rings (SSSR count). The first kappa shape index (κ1) is 18.9. The molecular weight excluding hydrogens is 436 g/mol. The zero-order valence-corrected chi connectivity index (χ0v) is 17.0. The van der Waals surface area contributed by atoms with Crippen molar-refractivity contribution in [3.63, 3.8) is 0 Å². The van der Waals surface area contributed by atoms with Crippen molar-refractivity contribution < 1.29 is 14.6 Å². The Morgan fingerprint density at radius 2 is 2.03 bits per heavy atom. The summed E-state index contributed by atoms with van der Waals surface area (Å²) in [4.78, 5) is 20.6. The minimum Gasteiger partial charge on any atom is -0.507 e. The highest BCUT2D eigenvalue weighted by atomic mass is 79.9. The molecule has 4 aromatic rings. The van der Waals surface area contributed by atoms with Gasteiger partial charge in [0.15, 0.2) is 5.65 Å². The van der Waals surface area contributed by atoms with Crippen LogP contribution in [0.25, 0.3) is 16.9 Å². The maximum atomic E-state index is 11.9. The summed E-state index contributed by atoms with van der Waals surface area (Å²) in [5, 5.41) is 13.7. The van der Waals surface area contributed by atoms with Gasteiger partial charge in [-0.05, 0) is 49.4 Å². The summed E-state index contributed by atoms with van der Waals surface area (Å²) in [6.07, 6.45) is 5.10. The van der Waals surface area contributed by atoms with Crippen LogP contribution in [0.5, 0.6) is 5.75 Å². The van der Waals surface area contributed by atoms with E-state index in [1.54, 1.807) is 68.0 Å². The van der Waals surface area contributed by atoms with Gasteiger partial charge in [0, 0.05) is 28.1 Å². The van der Waals surface area contributed by atoms with Crippen LogP contribution in [0.1, 0.15) is 17.3 Å². The Kier molecular flexibility index (Phi) is 5.18. The minimum absolute atomic E-state index is 0.116. The molecule has 0 saturated carbocycles. The Morgan fingerprint density at radius 1 is 1.24 bits per heavy atom. The fourth-order valence-electron chi connectivity index (χ4n) is 2.95. The van der Waals surface area contributed by atoms with Gasteiger partial charge in [0.1, 0.15) is 17.3 Å². The third kappa shape index (κ3) is 3.79. The predicted molar refractivity (Wildman–Crippen MR) is 113 cm³/mol. The summed E-state index contributed by atoms with van der Waals surface area (Å²) in [7, 11) is 0. The van der Waals surface area contributed by atoms with Crippen LogP contribution < -0.4 is 5.32 Å². The number of aromatic hydroxyl groups is 1. The number of benzene rings is 2. The lowest BCUT2D eigenvalue weighted by Gasteiger charge is -2.10. The van der Waals surface area contributed by atoms with Gasteiger partial charge in [-0.15, -0.1) is 0 Å². The van der Waals surface area contributed by atoms with Gasteiger partial charge in [-0.25, -0.2) is 9.78 Å². The molecule has 2 aromatic carbocycles. The van der Waals surface area contributed by atoms with Gasteiger partial charge < -0.3 is 15.2 Å². The average Bonchev–Trinajstić information content (AvgIpc) is 3.09. The number of nitrogens with one attached hydrogen (secondary N) is 1. The lowest BCUT2D eigenvalue weighted by molar-refractivity contribution is 0.0526. The normalized spacial score (nSPS) is 10.8. The molecule has 0 spiro atoms. The Bertz CT molecular complexity index is 1190. The van der Waals surface area contributed by atoms with Crippen molar-refractivity contribution in [1.29, 1.82) is 0 Å². The van der Waals surface area contributed by atoms with Crippen molar-refractivity contribution in [2.24, 2.45) is 0 Å². The van der Waals surface area contributed by atoms with Gasteiger partial charge in [0.25, 0.3) is 0 Å². The van der Waals surface area contributed by atoms with Crippen molar-refractivity contribution in [2.45, 2.75) is 6.92 Å². The molecule has 29 heavy (non-hydrogen) atoms. The number of anilines is 2. The summed E-state index contributed by atoms with van der Waals surface area (Å²) < 4.78 is 7.69. The highest BCUT2D eigenvalue weighted by molar-refractivity contribution is 9.10. The molecule has 2 aromatic heterocycles. The fraction of sp³-hybridized carbons (Fsp3) is 0.0952. The highest BCUT2D eigenvalue weighted by Gasteiger charge is 2.18. The molecule has 0 aliphatic heterocycles. The Hall–Kier alpha value is -3.39. The van der Waals surface area contributed by atoms with Crippen molar-refractivity contribution in [3.05, 3.63) is 71.1 Å². The van der Waals surface area contributed by atoms with Crippen LogP contribution in [0.2, 0.25) is 0 Å². The van der Waals surface area contributed by atoms with Crippen LogP contribution in [0.4, 0.5) is 11.5 Å². The third-order valence-electron chi connectivity index (χ3n) is 4.30. The monoisotopic (exact) mass is 452 g/mol. The molecule has 0 bridgehead atoms. The number of halogens is 1. The first-order valence-corrected chi connectivity index (χ1v) is 9.71. The molecule has 146 valence electrons. The van der Waals surface area contributed by atoms with Gasteiger partial charge in [-0.3, -0.25) is 9.38 Å². The van der Waals surface area contributed by atoms with Crippen LogP contribution in [0, 0.1) is 0 Å². The SMILES string of the molecule is CCOC(=O)c1ccc(Nc2c(-c3cc(Br)ccc3O)nc3cnccn23)cc1. The summed E-state index contributed by atoms with van der Waals surface area (Å²) in [5.74, 6) is 0.421. The first-order chi connectivity index (χ1) is 14.1. The van der Waals surface area contributed by atoms with Gasteiger partial charge in [0.2, 0.25) is 0 Å². The van der Waals surface area contributed by atoms with Crippen LogP contribution in [-0.4, -0.2) is 32.1 Å². The molecule has 0 radical (unpaired) electrons. The van der Waals surface area contributed by atoms with Crippen molar-refractivity contribution >= 4 is 39.1 Å². The number of aromatic nitrogens is 3. The van der Waals surface area contributed by atoms with Crippen LogP contribution in [-0.2, 0) is 4.74 Å². The first-order valence-electron chi connectivity index (χ1n) is 8.92. The second-order valence-electron chi connectivity index (χ2n) is 6.20. The summed E-state index contributed by atoms with van der Waals surface area (Å²) >= 11 is 3.44. The average molecular weight is 453 g/mol. The lowest BCUT2D eigenvalue weighted by atomic mass is 10.1. The van der Waals surface area contributed by atoms with E-state index in [1.165, 1.54) is 0 Å². The molecule has 0 saturated heterocycles. The maximum absolute atomic E-state index is 11.9. The number of rotatable bonds is 5. The van der Waals surface area contributed by atoms with Crippen molar-refractivity contribution in [1.82, 2.24) is 14.4 Å². The van der Waals surface area contributed by atoms with E-state index >= 15 is 0 Å². The van der Waals surface area contributed by atoms with E-state index in [0.29, 0.717) is 34.9 Å². The van der Waals surface area contributed by atoms with Crippen molar-refractivity contribution in [3.8, 4) is 17.0 Å². The van der Waals surface area contributed by atoms with E-state index in [-0.39, 0.29) is 11.7 Å². The van der Waals surface area contributed by atoms with Gasteiger partial charge in [-0.1, -0.05) is 15.9 Å². The number of nitrogens with zero attached hydrogens (tertiary/aromatic N) is 3. The summed E-state index contributed by atoms with van der Waals surface area (Å²) in [6, 6.07) is 12.1. The molecule has 0 fully saturated rings. The highest BCUT2D eigenvalue weighted by Crippen LogP contribution is 2.37. The standard InChI is InChI=1S/C21H17BrN4O3/c1-2-29-21(28)13-3-6-15(7-4-13)24-20-19(16-11-14(22)5-8-17(16)27)25-18-12-23-9-10-26(18)20/h3-12,24,27H,2H2,1H3. The molecule has 0 aliphatic carbocycles. The molecule has 0 amide bonds.